The van der Waals surface area contributed by atoms with E-state index in [1.54, 1.807) is 19.1 Å². The number of benzene rings is 4. The molecular formula is C31H24Br2N2O6. The third kappa shape index (κ3) is 6.13. The van der Waals surface area contributed by atoms with Crippen molar-refractivity contribution >= 4 is 54.5 Å². The van der Waals surface area contributed by atoms with Crippen LogP contribution in [0.1, 0.15) is 27.2 Å². The highest BCUT2D eigenvalue weighted by atomic mass is 79.9. The molecule has 208 valence electrons. The molecule has 0 spiro atoms. The lowest BCUT2D eigenvalue weighted by atomic mass is 9.94. The number of carboxylic acid groups (broad SMARTS) is 1. The molecule has 1 aromatic heterocycles. The molecule has 0 saturated heterocycles. The molecule has 1 atom stereocenters. The summed E-state index contributed by atoms with van der Waals surface area (Å²) in [5, 5.41) is 28.6. The molecule has 0 bridgehead atoms. The molecular weight excluding hydrogens is 656 g/mol. The fourth-order valence-electron chi connectivity index (χ4n) is 4.61. The van der Waals surface area contributed by atoms with Crippen LogP contribution in [0.2, 0.25) is 0 Å². The van der Waals surface area contributed by atoms with Crippen LogP contribution in [0.25, 0.3) is 22.0 Å². The van der Waals surface area contributed by atoms with Crippen LogP contribution < -0.4 is 10.1 Å². The van der Waals surface area contributed by atoms with Crippen molar-refractivity contribution in [2.75, 3.05) is 0 Å². The van der Waals surface area contributed by atoms with E-state index >= 15 is 0 Å². The van der Waals surface area contributed by atoms with E-state index in [0.717, 1.165) is 16.3 Å². The Kier molecular flexibility index (Phi) is 8.41. The summed E-state index contributed by atoms with van der Waals surface area (Å²) >= 11 is 6.52. The van der Waals surface area contributed by atoms with Gasteiger partial charge in [-0.25, -0.2) is 4.79 Å². The summed E-state index contributed by atoms with van der Waals surface area (Å²) in [5.41, 5.74) is 2.47. The lowest BCUT2D eigenvalue weighted by Crippen LogP contribution is -2.42. The monoisotopic (exact) mass is 678 g/mol. The van der Waals surface area contributed by atoms with Crippen molar-refractivity contribution in [1.82, 2.24) is 10.5 Å². The number of carbonyl (C=O) groups is 2. The highest BCUT2D eigenvalue weighted by Gasteiger charge is 2.29. The quantitative estimate of drug-likeness (QED) is 0.153. The molecule has 0 aliphatic carbocycles. The van der Waals surface area contributed by atoms with Crippen molar-refractivity contribution in [2.45, 2.75) is 26.0 Å². The van der Waals surface area contributed by atoms with Crippen LogP contribution in [-0.4, -0.2) is 33.3 Å². The first kappa shape index (κ1) is 28.4. The smallest absolute Gasteiger partial charge is 0.326 e. The maximum Gasteiger partial charge on any atom is 0.326 e. The Hall–Kier alpha value is -4.15. The van der Waals surface area contributed by atoms with Gasteiger partial charge in [0.25, 0.3) is 5.91 Å². The number of carboxylic acids is 1. The number of amides is 1. The van der Waals surface area contributed by atoms with Gasteiger partial charge in [-0.15, -0.1) is 0 Å². The molecule has 41 heavy (non-hydrogen) atoms. The summed E-state index contributed by atoms with van der Waals surface area (Å²) < 4.78 is 12.3. The van der Waals surface area contributed by atoms with E-state index in [1.165, 1.54) is 0 Å². The minimum absolute atomic E-state index is 0.00321. The molecule has 1 heterocycles. The van der Waals surface area contributed by atoms with E-state index in [9.17, 15) is 19.8 Å². The number of nitrogens with zero attached hydrogens (tertiary/aromatic N) is 1. The van der Waals surface area contributed by atoms with Gasteiger partial charge in [-0.05, 0) is 84.9 Å². The second kappa shape index (κ2) is 12.2. The molecule has 0 aliphatic heterocycles. The van der Waals surface area contributed by atoms with Gasteiger partial charge in [0.15, 0.2) is 0 Å². The highest BCUT2D eigenvalue weighted by molar-refractivity contribution is 9.11. The van der Waals surface area contributed by atoms with Gasteiger partial charge in [0.05, 0.1) is 8.95 Å². The Morgan fingerprint density at radius 1 is 1.00 bits per heavy atom. The van der Waals surface area contributed by atoms with Crippen LogP contribution in [0.15, 0.2) is 92.3 Å². The van der Waals surface area contributed by atoms with Crippen LogP contribution in [0.3, 0.4) is 0 Å². The number of hydrogen-bond acceptors (Lipinski definition) is 6. The molecule has 3 N–H and O–H groups in total. The molecule has 0 radical (unpaired) electrons. The Labute approximate surface area is 252 Å². The number of rotatable bonds is 9. The third-order valence-corrected chi connectivity index (χ3v) is 7.81. The van der Waals surface area contributed by atoms with Crippen molar-refractivity contribution in [2.24, 2.45) is 0 Å². The van der Waals surface area contributed by atoms with E-state index in [0.29, 0.717) is 31.5 Å². The Morgan fingerprint density at radius 2 is 1.68 bits per heavy atom. The van der Waals surface area contributed by atoms with Crippen LogP contribution >= 0.6 is 31.9 Å². The second-order valence-corrected chi connectivity index (χ2v) is 11.1. The van der Waals surface area contributed by atoms with Crippen molar-refractivity contribution < 1.29 is 29.1 Å². The van der Waals surface area contributed by atoms with Crippen LogP contribution in [0.4, 0.5) is 0 Å². The Bertz CT molecular complexity index is 1730. The van der Waals surface area contributed by atoms with Gasteiger partial charge in [0.1, 0.15) is 41.2 Å². The molecule has 10 heteroatoms. The van der Waals surface area contributed by atoms with Crippen molar-refractivity contribution in [3.8, 4) is 22.8 Å². The molecule has 1 unspecified atom stereocenters. The van der Waals surface area contributed by atoms with Crippen LogP contribution in [0, 0.1) is 6.92 Å². The van der Waals surface area contributed by atoms with E-state index in [1.807, 2.05) is 66.7 Å². The van der Waals surface area contributed by atoms with E-state index in [-0.39, 0.29) is 30.1 Å². The number of nitrogens with one attached hydrogen (secondary N) is 1. The first-order valence-electron chi connectivity index (χ1n) is 12.6. The number of aliphatic carboxylic acids is 1. The third-order valence-electron chi connectivity index (χ3n) is 6.60. The number of aromatic nitrogens is 1. The van der Waals surface area contributed by atoms with E-state index in [2.05, 4.69) is 42.3 Å². The predicted molar refractivity (Wildman–Crippen MR) is 161 cm³/mol. The number of phenols is 1. The maximum atomic E-state index is 13.7. The summed E-state index contributed by atoms with van der Waals surface area (Å²) in [6, 6.07) is 22.9. The average Bonchev–Trinajstić information content (AvgIpc) is 3.35. The molecule has 4 aromatic carbocycles. The fraction of sp³-hybridized carbons (Fsp3) is 0.129. The number of para-hydroxylation sites is 1. The minimum Gasteiger partial charge on any atom is -0.506 e. The van der Waals surface area contributed by atoms with Gasteiger partial charge in [0, 0.05) is 12.0 Å². The lowest BCUT2D eigenvalue weighted by Gasteiger charge is -2.17. The SMILES string of the molecule is Cc1onc(-c2c(COc3ccccc3)ccc3ccccc23)c1C(=O)NC(Cc1cc(Br)c(O)c(Br)c1)C(=O)O. The Balaban J connectivity index is 1.51. The number of aryl methyl sites for hydroxylation is 1. The highest BCUT2D eigenvalue weighted by Crippen LogP contribution is 2.36. The van der Waals surface area contributed by atoms with Crippen molar-refractivity contribution in [1.29, 1.82) is 0 Å². The topological polar surface area (TPSA) is 122 Å². The van der Waals surface area contributed by atoms with E-state index < -0.39 is 17.9 Å². The molecule has 0 aliphatic rings. The van der Waals surface area contributed by atoms with Gasteiger partial charge < -0.3 is 24.8 Å². The maximum absolute atomic E-state index is 13.7. The average molecular weight is 680 g/mol. The molecule has 0 fully saturated rings. The number of halogens is 2. The van der Waals surface area contributed by atoms with E-state index in [4.69, 9.17) is 9.26 Å². The number of ether oxygens (including phenoxy) is 1. The number of hydrogen-bond donors (Lipinski definition) is 3. The summed E-state index contributed by atoms with van der Waals surface area (Å²) in [7, 11) is 0. The minimum atomic E-state index is -1.26. The van der Waals surface area contributed by atoms with Gasteiger partial charge >= 0.3 is 5.97 Å². The molecule has 8 nitrogen and oxygen atoms in total. The fourth-order valence-corrected chi connectivity index (χ4v) is 5.89. The number of aromatic hydroxyl groups is 1. The number of phenolic OH excluding ortho intramolecular Hbond substituents is 1. The summed E-state index contributed by atoms with van der Waals surface area (Å²) in [4.78, 5) is 25.9. The normalized spacial score (nSPS) is 11.8. The number of carbonyl (C=O) groups excluding carboxylic acids is 1. The zero-order valence-electron chi connectivity index (χ0n) is 21.7. The number of fused-ring (bicyclic) bond motifs is 1. The zero-order valence-corrected chi connectivity index (χ0v) is 24.9. The summed E-state index contributed by atoms with van der Waals surface area (Å²) in [6.07, 6.45) is -0.0252. The van der Waals surface area contributed by atoms with Crippen LogP contribution in [0.5, 0.6) is 11.5 Å². The lowest BCUT2D eigenvalue weighted by molar-refractivity contribution is -0.139. The standard InChI is InChI=1S/C31H24Br2N2O6/c1-17-26(30(37)34-25(31(38)39)15-18-13-23(32)29(36)24(33)14-18)28(35-41-17)27-20(16-40-21-8-3-2-4-9-21)12-11-19-7-5-6-10-22(19)27/h2-14,25,36H,15-16H2,1H3,(H,34,37)(H,38,39). The van der Waals surface area contributed by atoms with Crippen molar-refractivity contribution in [3.63, 3.8) is 0 Å². The molecule has 5 rings (SSSR count). The molecule has 5 aromatic rings. The van der Waals surface area contributed by atoms with Gasteiger partial charge in [-0.3, -0.25) is 4.79 Å². The summed E-state index contributed by atoms with van der Waals surface area (Å²) in [5.74, 6) is -0.906. The second-order valence-electron chi connectivity index (χ2n) is 9.36. The van der Waals surface area contributed by atoms with Gasteiger partial charge in [-0.1, -0.05) is 59.8 Å². The molecule has 1 amide bonds. The van der Waals surface area contributed by atoms with Crippen LogP contribution in [-0.2, 0) is 17.8 Å². The van der Waals surface area contributed by atoms with Gasteiger partial charge in [-0.2, -0.15) is 0 Å². The van der Waals surface area contributed by atoms with Gasteiger partial charge in [0.2, 0.25) is 0 Å². The zero-order chi connectivity index (χ0) is 29.1. The first-order chi connectivity index (χ1) is 19.7. The predicted octanol–water partition coefficient (Wildman–Crippen LogP) is 7.04. The largest absolute Gasteiger partial charge is 0.506 e. The van der Waals surface area contributed by atoms with Crippen molar-refractivity contribution in [3.05, 3.63) is 110 Å². The molecule has 0 saturated carbocycles. The Morgan fingerprint density at radius 3 is 2.39 bits per heavy atom. The summed E-state index contributed by atoms with van der Waals surface area (Å²) in [6.45, 7) is 1.82. The first-order valence-corrected chi connectivity index (χ1v) is 14.2.